The van der Waals surface area contributed by atoms with Gasteiger partial charge < -0.3 is 5.11 Å². The van der Waals surface area contributed by atoms with Gasteiger partial charge in [0.2, 0.25) is 0 Å². The van der Waals surface area contributed by atoms with Gasteiger partial charge in [-0.25, -0.2) is 4.98 Å². The summed E-state index contributed by atoms with van der Waals surface area (Å²) in [5.74, 6) is -0.0859. The zero-order valence-corrected chi connectivity index (χ0v) is 6.74. The standard InChI is InChI=1S/C6H5Cl2NO/c1-3-4(7)2-5(10)6(8)9-3/h2,10H,1H3. The van der Waals surface area contributed by atoms with Crippen molar-refractivity contribution in [2.24, 2.45) is 0 Å². The van der Waals surface area contributed by atoms with Crippen molar-refractivity contribution >= 4 is 23.2 Å². The highest BCUT2D eigenvalue weighted by Crippen LogP contribution is 2.25. The minimum atomic E-state index is -0.0859. The third-order valence-electron chi connectivity index (χ3n) is 1.09. The molecule has 0 saturated heterocycles. The molecular weight excluding hydrogens is 173 g/mol. The topological polar surface area (TPSA) is 33.1 Å². The van der Waals surface area contributed by atoms with Crippen molar-refractivity contribution in [3.8, 4) is 5.75 Å². The van der Waals surface area contributed by atoms with Crippen LogP contribution in [0.25, 0.3) is 0 Å². The minimum Gasteiger partial charge on any atom is -0.505 e. The van der Waals surface area contributed by atoms with Gasteiger partial charge in [-0.2, -0.15) is 0 Å². The zero-order chi connectivity index (χ0) is 7.72. The molecule has 0 saturated carbocycles. The van der Waals surface area contributed by atoms with E-state index in [4.69, 9.17) is 28.3 Å². The highest BCUT2D eigenvalue weighted by Gasteiger charge is 2.02. The number of aromatic nitrogens is 1. The molecular formula is C6H5Cl2NO. The van der Waals surface area contributed by atoms with E-state index in [2.05, 4.69) is 4.98 Å². The molecule has 0 spiro atoms. The normalized spacial score (nSPS) is 9.90. The summed E-state index contributed by atoms with van der Waals surface area (Å²) in [6.07, 6.45) is 0. The number of hydrogen-bond acceptors (Lipinski definition) is 2. The van der Waals surface area contributed by atoms with Crippen molar-refractivity contribution in [2.75, 3.05) is 0 Å². The van der Waals surface area contributed by atoms with Crippen LogP contribution in [0, 0.1) is 6.92 Å². The average Bonchev–Trinajstić information content (AvgIpc) is 1.84. The highest BCUT2D eigenvalue weighted by molar-refractivity contribution is 6.33. The van der Waals surface area contributed by atoms with Gasteiger partial charge in [0.25, 0.3) is 0 Å². The van der Waals surface area contributed by atoms with Crippen LogP contribution in [0.4, 0.5) is 0 Å². The van der Waals surface area contributed by atoms with Gasteiger partial charge in [-0.1, -0.05) is 23.2 Å². The molecule has 0 aliphatic carbocycles. The van der Waals surface area contributed by atoms with Crippen molar-refractivity contribution in [1.29, 1.82) is 0 Å². The van der Waals surface area contributed by atoms with Crippen molar-refractivity contribution in [3.63, 3.8) is 0 Å². The van der Waals surface area contributed by atoms with Gasteiger partial charge in [0.1, 0.15) is 0 Å². The Balaban J connectivity index is 3.28. The molecule has 0 aliphatic rings. The maximum absolute atomic E-state index is 8.95. The molecule has 0 radical (unpaired) electrons. The van der Waals surface area contributed by atoms with E-state index in [9.17, 15) is 0 Å². The Kier molecular flexibility index (Phi) is 2.02. The fraction of sp³-hybridized carbons (Fsp3) is 0.167. The Bertz CT molecular complexity index is 212. The van der Waals surface area contributed by atoms with Crippen LogP contribution in [-0.2, 0) is 0 Å². The first kappa shape index (κ1) is 7.63. The van der Waals surface area contributed by atoms with E-state index in [-0.39, 0.29) is 10.9 Å². The molecule has 0 aliphatic heterocycles. The maximum atomic E-state index is 8.95. The predicted molar refractivity (Wildman–Crippen MR) is 40.7 cm³/mol. The zero-order valence-electron chi connectivity index (χ0n) is 5.23. The van der Waals surface area contributed by atoms with Crippen LogP contribution >= 0.6 is 23.2 Å². The summed E-state index contributed by atoms with van der Waals surface area (Å²) >= 11 is 11.1. The number of rotatable bonds is 0. The van der Waals surface area contributed by atoms with E-state index in [1.165, 1.54) is 6.07 Å². The third kappa shape index (κ3) is 1.33. The molecule has 2 nitrogen and oxygen atoms in total. The van der Waals surface area contributed by atoms with Gasteiger partial charge in [0.05, 0.1) is 10.7 Å². The van der Waals surface area contributed by atoms with E-state index in [1.807, 2.05) is 0 Å². The van der Waals surface area contributed by atoms with Crippen LogP contribution in [0.5, 0.6) is 5.75 Å². The van der Waals surface area contributed by atoms with Gasteiger partial charge in [0.15, 0.2) is 10.9 Å². The SMILES string of the molecule is Cc1nc(Cl)c(O)cc1Cl. The second-order valence-corrected chi connectivity index (χ2v) is 2.63. The molecule has 1 N–H and O–H groups in total. The van der Waals surface area contributed by atoms with Crippen LogP contribution in [0.3, 0.4) is 0 Å². The van der Waals surface area contributed by atoms with E-state index in [1.54, 1.807) is 6.92 Å². The lowest BCUT2D eigenvalue weighted by Gasteiger charge is -1.98. The minimum absolute atomic E-state index is 0.0851. The molecule has 0 bridgehead atoms. The van der Waals surface area contributed by atoms with Crippen molar-refractivity contribution in [1.82, 2.24) is 4.98 Å². The largest absolute Gasteiger partial charge is 0.505 e. The van der Waals surface area contributed by atoms with Gasteiger partial charge in [-0.3, -0.25) is 0 Å². The smallest absolute Gasteiger partial charge is 0.171 e. The molecule has 0 atom stereocenters. The molecule has 0 aromatic carbocycles. The summed E-state index contributed by atoms with van der Waals surface area (Å²) in [6.45, 7) is 1.72. The maximum Gasteiger partial charge on any atom is 0.171 e. The first-order valence-corrected chi connectivity index (χ1v) is 3.38. The molecule has 0 amide bonds. The first-order chi connectivity index (χ1) is 4.61. The van der Waals surface area contributed by atoms with Gasteiger partial charge in [-0.15, -0.1) is 0 Å². The summed E-state index contributed by atoms with van der Waals surface area (Å²) in [4.78, 5) is 3.76. The van der Waals surface area contributed by atoms with Crippen molar-refractivity contribution in [2.45, 2.75) is 6.92 Å². The fourth-order valence-corrected chi connectivity index (χ4v) is 0.869. The molecule has 54 valence electrons. The van der Waals surface area contributed by atoms with Crippen molar-refractivity contribution < 1.29 is 5.11 Å². The summed E-state index contributed by atoms with van der Waals surface area (Å²) in [5, 5.41) is 9.45. The van der Waals surface area contributed by atoms with E-state index in [0.29, 0.717) is 10.7 Å². The molecule has 0 fully saturated rings. The Morgan fingerprint density at radius 1 is 1.50 bits per heavy atom. The lowest BCUT2D eigenvalue weighted by molar-refractivity contribution is 0.472. The Morgan fingerprint density at radius 2 is 2.10 bits per heavy atom. The second-order valence-electron chi connectivity index (χ2n) is 1.87. The Labute approximate surface area is 68.4 Å². The van der Waals surface area contributed by atoms with Crippen LogP contribution in [0.1, 0.15) is 5.69 Å². The number of aryl methyl sites for hydroxylation is 1. The highest BCUT2D eigenvalue weighted by atomic mass is 35.5. The van der Waals surface area contributed by atoms with Crippen LogP contribution in [0.2, 0.25) is 10.2 Å². The molecule has 1 aromatic heterocycles. The molecule has 0 unspecified atom stereocenters. The molecule has 1 rings (SSSR count). The van der Waals surface area contributed by atoms with Gasteiger partial charge >= 0.3 is 0 Å². The Morgan fingerprint density at radius 3 is 2.60 bits per heavy atom. The fourth-order valence-electron chi connectivity index (χ4n) is 0.542. The van der Waals surface area contributed by atoms with Crippen LogP contribution in [-0.4, -0.2) is 10.1 Å². The number of halogens is 2. The van der Waals surface area contributed by atoms with E-state index in [0.717, 1.165) is 0 Å². The molecule has 4 heteroatoms. The number of nitrogens with zero attached hydrogens (tertiary/aromatic N) is 1. The lowest BCUT2D eigenvalue weighted by atomic mass is 10.4. The molecule has 10 heavy (non-hydrogen) atoms. The van der Waals surface area contributed by atoms with Gasteiger partial charge in [0, 0.05) is 6.07 Å². The first-order valence-electron chi connectivity index (χ1n) is 2.63. The quantitative estimate of drug-likeness (QED) is 0.618. The number of hydrogen-bond donors (Lipinski definition) is 1. The number of pyridine rings is 1. The average molecular weight is 178 g/mol. The van der Waals surface area contributed by atoms with Gasteiger partial charge in [-0.05, 0) is 6.92 Å². The second kappa shape index (κ2) is 2.64. The molecule has 1 aromatic rings. The van der Waals surface area contributed by atoms with Crippen molar-refractivity contribution in [3.05, 3.63) is 21.9 Å². The Hall–Kier alpha value is -0.470. The predicted octanol–water partition coefficient (Wildman–Crippen LogP) is 2.40. The number of aromatic hydroxyl groups is 1. The summed E-state index contributed by atoms with van der Waals surface area (Å²) in [5.41, 5.74) is 0.615. The van der Waals surface area contributed by atoms with E-state index >= 15 is 0 Å². The van der Waals surface area contributed by atoms with Crippen LogP contribution < -0.4 is 0 Å². The summed E-state index contributed by atoms with van der Waals surface area (Å²) < 4.78 is 0. The lowest BCUT2D eigenvalue weighted by Crippen LogP contribution is -1.82. The summed E-state index contributed by atoms with van der Waals surface area (Å²) in [7, 11) is 0. The summed E-state index contributed by atoms with van der Waals surface area (Å²) in [6, 6.07) is 1.37. The van der Waals surface area contributed by atoms with Crippen LogP contribution in [0.15, 0.2) is 6.07 Å². The molecule has 1 heterocycles. The third-order valence-corrected chi connectivity index (χ3v) is 1.75. The monoisotopic (exact) mass is 177 g/mol. The van der Waals surface area contributed by atoms with E-state index < -0.39 is 0 Å².